The summed E-state index contributed by atoms with van der Waals surface area (Å²) in [5.74, 6) is 0. The quantitative estimate of drug-likeness (QED) is 0.114. The lowest BCUT2D eigenvalue weighted by Gasteiger charge is -2.16. The number of pyridine rings is 4. The molecule has 4 aromatic heterocycles. The van der Waals surface area contributed by atoms with Gasteiger partial charge in [-0.2, -0.15) is 0 Å². The van der Waals surface area contributed by atoms with Crippen LogP contribution in [-0.2, 0) is 0 Å². The van der Waals surface area contributed by atoms with Gasteiger partial charge in [0, 0.05) is 56.8 Å². The molecule has 18 aromatic rings. The van der Waals surface area contributed by atoms with Crippen molar-refractivity contribution >= 4 is 43.4 Å². The smallest absolute Gasteiger partial charge is 0.0794 e. The minimum atomic E-state index is 0.950. The van der Waals surface area contributed by atoms with E-state index in [1.165, 1.54) is 77.5 Å². The lowest BCUT2D eigenvalue weighted by Crippen LogP contribution is -1.94. The van der Waals surface area contributed by atoms with Crippen molar-refractivity contribution in [1.82, 2.24) is 19.9 Å². The van der Waals surface area contributed by atoms with Crippen LogP contribution in [0.1, 0.15) is 0 Å². The normalized spacial score (nSPS) is 11.2. The highest BCUT2D eigenvalue weighted by Gasteiger charge is 2.20. The lowest BCUT2D eigenvalue weighted by molar-refractivity contribution is 1.33. The van der Waals surface area contributed by atoms with Crippen molar-refractivity contribution in [2.45, 2.75) is 0 Å². The Morgan fingerprint density at radius 2 is 0.430 bits per heavy atom. The third kappa shape index (κ3) is 12.2. The van der Waals surface area contributed by atoms with Crippen molar-refractivity contribution in [2.24, 2.45) is 0 Å². The number of hydrogen-bond acceptors (Lipinski definition) is 4. The number of rotatable bonds is 12. The molecule has 0 N–H and O–H groups in total. The summed E-state index contributed by atoms with van der Waals surface area (Å²) in [6.07, 6.45) is 5.57. The van der Waals surface area contributed by atoms with Crippen molar-refractivity contribution in [3.8, 4) is 134 Å². The van der Waals surface area contributed by atoms with Gasteiger partial charge in [0.2, 0.25) is 0 Å². The molecule has 468 valence electrons. The predicted octanol–water partition coefficient (Wildman–Crippen LogP) is 25.6. The van der Waals surface area contributed by atoms with Gasteiger partial charge in [0.1, 0.15) is 0 Å². The summed E-state index contributed by atoms with van der Waals surface area (Å²) in [6.45, 7) is 0. The first-order valence-electron chi connectivity index (χ1n) is 34.0. The van der Waals surface area contributed by atoms with E-state index >= 15 is 0 Å². The van der Waals surface area contributed by atoms with Crippen LogP contribution < -0.4 is 0 Å². The van der Waals surface area contributed by atoms with Gasteiger partial charge in [0.15, 0.2) is 0 Å². The molecule has 100 heavy (non-hydrogen) atoms. The molecule has 4 heteroatoms. The van der Waals surface area contributed by atoms with Crippen LogP contribution >= 0.6 is 0 Å². The van der Waals surface area contributed by atoms with Gasteiger partial charge < -0.3 is 0 Å². The van der Waals surface area contributed by atoms with E-state index in [1.54, 1.807) is 0 Å². The van der Waals surface area contributed by atoms with E-state index in [0.29, 0.717) is 0 Å². The molecule has 0 aliphatic carbocycles. The summed E-state index contributed by atoms with van der Waals surface area (Å²) in [4.78, 5) is 19.7. The zero-order chi connectivity index (χ0) is 66.6. The van der Waals surface area contributed by atoms with E-state index in [1.807, 2.05) is 36.8 Å². The van der Waals surface area contributed by atoms with Crippen LogP contribution in [0.25, 0.3) is 177 Å². The summed E-state index contributed by atoms with van der Waals surface area (Å²) < 4.78 is 0. The fourth-order valence-electron chi connectivity index (χ4n) is 14.0. The Morgan fingerprint density at radius 1 is 0.160 bits per heavy atom. The first kappa shape index (κ1) is 60.4. The molecule has 0 aliphatic heterocycles. The zero-order valence-electron chi connectivity index (χ0n) is 54.7. The molecule has 0 radical (unpaired) electrons. The number of fused-ring (bicyclic) bond motifs is 6. The number of hydrogen-bond donors (Lipinski definition) is 0. The monoisotopic (exact) mass is 1270 g/mol. The molecule has 0 atom stereocenters. The molecule has 0 fully saturated rings. The van der Waals surface area contributed by atoms with Crippen LogP contribution in [0.4, 0.5) is 0 Å². The highest BCUT2D eigenvalue weighted by molar-refractivity contribution is 6.18. The maximum atomic E-state index is 5.41. The van der Waals surface area contributed by atoms with Crippen LogP contribution in [0, 0.1) is 0 Å². The van der Waals surface area contributed by atoms with E-state index in [4.69, 9.17) is 9.97 Å². The van der Waals surface area contributed by atoms with Gasteiger partial charge in [-0.3, -0.25) is 9.97 Å². The first-order chi connectivity index (χ1) is 49.6. The van der Waals surface area contributed by atoms with Crippen LogP contribution in [0.5, 0.6) is 0 Å². The predicted molar refractivity (Wildman–Crippen MR) is 419 cm³/mol. The third-order valence-corrected chi connectivity index (χ3v) is 19.2. The molecular weight excluding hydrogens is 1210 g/mol. The van der Waals surface area contributed by atoms with E-state index in [9.17, 15) is 0 Å². The number of nitrogens with zero attached hydrogens (tertiary/aromatic N) is 4. The Hall–Kier alpha value is -13.3. The summed E-state index contributed by atoms with van der Waals surface area (Å²) in [6, 6.07) is 132. The molecule has 0 spiro atoms. The van der Waals surface area contributed by atoms with Crippen LogP contribution in [0.3, 0.4) is 0 Å². The highest BCUT2D eigenvalue weighted by atomic mass is 14.7. The molecule has 0 unspecified atom stereocenters. The molecule has 0 aliphatic rings. The molecule has 4 heterocycles. The number of benzene rings is 14. The summed E-state index contributed by atoms with van der Waals surface area (Å²) in [7, 11) is 0. The van der Waals surface area contributed by atoms with E-state index in [-0.39, 0.29) is 0 Å². The van der Waals surface area contributed by atoms with Crippen LogP contribution in [0.2, 0.25) is 0 Å². The van der Waals surface area contributed by atoms with Crippen molar-refractivity contribution in [3.63, 3.8) is 0 Å². The second-order valence-corrected chi connectivity index (χ2v) is 25.2. The van der Waals surface area contributed by atoms with Gasteiger partial charge in [-0.15, -0.1) is 0 Å². The Morgan fingerprint density at radius 3 is 0.760 bits per heavy atom. The fourth-order valence-corrected chi connectivity index (χ4v) is 14.0. The number of aromatic nitrogens is 4. The first-order valence-corrected chi connectivity index (χ1v) is 34.0. The summed E-state index contributed by atoms with van der Waals surface area (Å²) in [5, 5.41) is 6.91. The van der Waals surface area contributed by atoms with Crippen molar-refractivity contribution < 1.29 is 0 Å². The molecule has 4 nitrogen and oxygen atoms in total. The van der Waals surface area contributed by atoms with E-state index in [0.717, 1.165) is 99.7 Å². The standard InChI is InChI=1S/2C48H32N2/c1-3-11-33(12-4-1)35-18-22-37(23-19-35)43-31-45-44(38-24-28-39(29-25-38)46-17-9-10-30-49-46)32-47(50-48(45)42-16-8-7-15-41(42)43)40-26-20-36(21-27-40)34-13-5-2-6-14-34;1-3-10-33(11-4-1)35-17-23-38(24-18-35)44-30-46-45(39-25-19-37(20-26-39)41-14-9-29-49-32-41)31-47(50-48(46)43-16-8-7-15-42(43)44)40-27-21-36(22-28-40)34-12-5-2-6-13-34/h2*1-32H. The van der Waals surface area contributed by atoms with Crippen LogP contribution in [0.15, 0.2) is 389 Å². The zero-order valence-corrected chi connectivity index (χ0v) is 54.7. The lowest BCUT2D eigenvalue weighted by atomic mass is 9.90. The second kappa shape index (κ2) is 27.1. The maximum Gasteiger partial charge on any atom is 0.0794 e. The fraction of sp³-hybridized carbons (Fsp3) is 0. The van der Waals surface area contributed by atoms with E-state index in [2.05, 4.69) is 362 Å². The minimum absolute atomic E-state index is 0.950. The SMILES string of the molecule is c1ccc(-c2ccc(-c3cc(-c4ccc(-c5ccccn5)cc4)c4cc(-c5ccc(-c6ccccc6)cc5)c5ccccc5c4n3)cc2)cc1.c1ccc(-c2ccc(-c3cc(-c4ccc(-c5cccnc5)cc4)c4cc(-c5ccc(-c6ccccc6)cc5)c5ccccc5c4n3)cc2)cc1. The average molecular weight is 1270 g/mol. The Kier molecular flexibility index (Phi) is 16.4. The molecule has 0 amide bonds. The largest absolute Gasteiger partial charge is 0.264 e. The van der Waals surface area contributed by atoms with Gasteiger partial charge in [-0.05, 0) is 153 Å². The van der Waals surface area contributed by atoms with Crippen molar-refractivity contribution in [3.05, 3.63) is 389 Å². The molecule has 0 saturated carbocycles. The van der Waals surface area contributed by atoms with Gasteiger partial charge in [-0.1, -0.05) is 328 Å². The summed E-state index contributed by atoms with van der Waals surface area (Å²) in [5.41, 5.74) is 29.3. The third-order valence-electron chi connectivity index (χ3n) is 19.2. The average Bonchev–Trinajstić information content (AvgIpc) is 0.746. The Labute approximate surface area is 582 Å². The Bertz CT molecular complexity index is 5520. The van der Waals surface area contributed by atoms with Crippen molar-refractivity contribution in [1.29, 1.82) is 0 Å². The van der Waals surface area contributed by atoms with Gasteiger partial charge in [-0.25, -0.2) is 9.97 Å². The van der Waals surface area contributed by atoms with Crippen molar-refractivity contribution in [2.75, 3.05) is 0 Å². The molecule has 14 aromatic carbocycles. The van der Waals surface area contributed by atoms with Gasteiger partial charge in [0.05, 0.1) is 28.1 Å². The maximum absolute atomic E-state index is 5.41. The molecular formula is C96H64N4. The van der Waals surface area contributed by atoms with Gasteiger partial charge in [0.25, 0.3) is 0 Å². The molecule has 0 saturated heterocycles. The molecule has 0 bridgehead atoms. The van der Waals surface area contributed by atoms with Gasteiger partial charge >= 0.3 is 0 Å². The minimum Gasteiger partial charge on any atom is -0.264 e. The van der Waals surface area contributed by atoms with E-state index < -0.39 is 0 Å². The second-order valence-electron chi connectivity index (χ2n) is 25.2. The summed E-state index contributed by atoms with van der Waals surface area (Å²) >= 11 is 0. The Balaban J connectivity index is 0.000000150. The molecule has 18 rings (SSSR count). The van der Waals surface area contributed by atoms with Crippen LogP contribution in [-0.4, -0.2) is 19.9 Å². The highest BCUT2D eigenvalue weighted by Crippen LogP contribution is 2.44. The topological polar surface area (TPSA) is 51.6 Å².